The maximum atomic E-state index is 14.5. The standard InChI is InChI=1S/C22H22F3N5O3/c1-12-9-16-17(10-13(12)2)30-20(27-16)28-19(32)21(30,22(23,24)25)29-18(31)14-5-4-6-15(11-14)26-7-8-33-3/h4-6,9-11,26H,7-8H2,1-3H3,(H,29,31)(H,27,28,32). The van der Waals surface area contributed by atoms with Crippen molar-refractivity contribution >= 4 is 34.5 Å². The van der Waals surface area contributed by atoms with Crippen LogP contribution in [0.4, 0.5) is 24.8 Å². The van der Waals surface area contributed by atoms with Crippen molar-refractivity contribution in [1.29, 1.82) is 0 Å². The highest BCUT2D eigenvalue weighted by Crippen LogP contribution is 2.44. The maximum Gasteiger partial charge on any atom is 0.440 e. The number of benzene rings is 2. The Balaban J connectivity index is 1.78. The summed E-state index contributed by atoms with van der Waals surface area (Å²) in [4.78, 5) is 29.9. The van der Waals surface area contributed by atoms with Gasteiger partial charge in [-0.05, 0) is 55.3 Å². The Morgan fingerprint density at radius 3 is 2.64 bits per heavy atom. The molecule has 3 N–H and O–H groups in total. The number of anilines is 2. The van der Waals surface area contributed by atoms with Gasteiger partial charge in [-0.15, -0.1) is 0 Å². The van der Waals surface area contributed by atoms with Gasteiger partial charge in [-0.1, -0.05) is 6.07 Å². The van der Waals surface area contributed by atoms with Gasteiger partial charge in [-0.3, -0.25) is 19.5 Å². The van der Waals surface area contributed by atoms with Crippen molar-refractivity contribution in [3.05, 3.63) is 53.1 Å². The monoisotopic (exact) mass is 461 g/mol. The number of rotatable bonds is 6. The van der Waals surface area contributed by atoms with Gasteiger partial charge in [-0.2, -0.15) is 13.2 Å². The second-order valence-corrected chi connectivity index (χ2v) is 7.81. The summed E-state index contributed by atoms with van der Waals surface area (Å²) in [6.07, 6.45) is -5.15. The maximum absolute atomic E-state index is 14.5. The number of aryl methyl sites for hydroxylation is 2. The molecule has 1 unspecified atom stereocenters. The second kappa shape index (κ2) is 8.07. The molecule has 3 aromatic rings. The molecule has 8 nitrogen and oxygen atoms in total. The predicted molar refractivity (Wildman–Crippen MR) is 116 cm³/mol. The van der Waals surface area contributed by atoms with Gasteiger partial charge in [0, 0.05) is 24.9 Å². The summed E-state index contributed by atoms with van der Waals surface area (Å²) in [5.41, 5.74) is -0.948. The van der Waals surface area contributed by atoms with Crippen molar-refractivity contribution in [1.82, 2.24) is 14.9 Å². The molecule has 2 heterocycles. The van der Waals surface area contributed by atoms with Crippen LogP contribution in [0.25, 0.3) is 11.0 Å². The van der Waals surface area contributed by atoms with Crippen LogP contribution in [0.2, 0.25) is 0 Å². The summed E-state index contributed by atoms with van der Waals surface area (Å²) < 4.78 is 49.3. The number of halogens is 3. The number of amides is 2. The molecular weight excluding hydrogens is 439 g/mol. The lowest BCUT2D eigenvalue weighted by Gasteiger charge is -2.32. The fourth-order valence-corrected chi connectivity index (χ4v) is 3.79. The number of alkyl halides is 3. The zero-order chi connectivity index (χ0) is 24.0. The molecular formula is C22H22F3N5O3. The van der Waals surface area contributed by atoms with Crippen LogP contribution in [0.3, 0.4) is 0 Å². The van der Waals surface area contributed by atoms with Gasteiger partial charge in [0.15, 0.2) is 0 Å². The Morgan fingerprint density at radius 2 is 1.94 bits per heavy atom. The Bertz CT molecular complexity index is 1250. The van der Waals surface area contributed by atoms with Gasteiger partial charge >= 0.3 is 6.18 Å². The molecule has 0 spiro atoms. The van der Waals surface area contributed by atoms with Gasteiger partial charge < -0.3 is 15.4 Å². The van der Waals surface area contributed by atoms with E-state index in [0.717, 1.165) is 15.7 Å². The molecule has 4 rings (SSSR count). The summed E-state index contributed by atoms with van der Waals surface area (Å²) in [6, 6.07) is 9.13. The van der Waals surface area contributed by atoms with E-state index in [1.165, 1.54) is 31.4 Å². The molecule has 0 radical (unpaired) electrons. The number of hydrogen-bond acceptors (Lipinski definition) is 5. The minimum Gasteiger partial charge on any atom is -0.383 e. The lowest BCUT2D eigenvalue weighted by Crippen LogP contribution is -2.63. The summed E-state index contributed by atoms with van der Waals surface area (Å²) in [6.45, 7) is 4.40. The van der Waals surface area contributed by atoms with Crippen LogP contribution < -0.4 is 16.0 Å². The summed E-state index contributed by atoms with van der Waals surface area (Å²) >= 11 is 0. The van der Waals surface area contributed by atoms with Crippen LogP contribution in [0.1, 0.15) is 21.5 Å². The fraction of sp³-hybridized carbons (Fsp3) is 0.318. The van der Waals surface area contributed by atoms with Gasteiger partial charge in [0.05, 0.1) is 17.6 Å². The molecule has 0 saturated heterocycles. The highest BCUT2D eigenvalue weighted by molar-refractivity contribution is 6.07. The molecule has 2 aromatic carbocycles. The molecule has 0 saturated carbocycles. The number of nitrogens with one attached hydrogen (secondary N) is 3. The molecule has 2 amide bonds. The number of carbonyl (C=O) groups excluding carboxylic acids is 2. The average molecular weight is 461 g/mol. The molecule has 1 atom stereocenters. The number of imidazole rings is 1. The molecule has 0 aliphatic carbocycles. The van der Waals surface area contributed by atoms with Gasteiger partial charge in [0.2, 0.25) is 5.95 Å². The summed E-state index contributed by atoms with van der Waals surface area (Å²) in [5, 5.41) is 7.14. The first-order valence-corrected chi connectivity index (χ1v) is 10.1. The third-order valence-corrected chi connectivity index (χ3v) is 5.62. The van der Waals surface area contributed by atoms with Crippen LogP contribution in [0.15, 0.2) is 36.4 Å². The number of ether oxygens (including phenoxy) is 1. The third-order valence-electron chi connectivity index (χ3n) is 5.62. The van der Waals surface area contributed by atoms with Crippen LogP contribution in [0, 0.1) is 13.8 Å². The second-order valence-electron chi connectivity index (χ2n) is 7.81. The lowest BCUT2D eigenvalue weighted by molar-refractivity contribution is -0.213. The molecule has 1 aliphatic rings. The van der Waals surface area contributed by atoms with E-state index in [2.05, 4.69) is 15.6 Å². The summed E-state index contributed by atoms with van der Waals surface area (Å²) in [5.74, 6) is -2.77. The number of carbonyl (C=O) groups is 2. The number of methoxy groups -OCH3 is 1. The first kappa shape index (κ1) is 22.6. The fourth-order valence-electron chi connectivity index (χ4n) is 3.79. The molecule has 33 heavy (non-hydrogen) atoms. The normalized spacial score (nSPS) is 17.7. The quantitative estimate of drug-likeness (QED) is 0.490. The topological polar surface area (TPSA) is 97.3 Å². The largest absolute Gasteiger partial charge is 0.440 e. The predicted octanol–water partition coefficient (Wildman–Crippen LogP) is 3.31. The van der Waals surface area contributed by atoms with E-state index in [-0.39, 0.29) is 22.5 Å². The van der Waals surface area contributed by atoms with E-state index in [9.17, 15) is 22.8 Å². The molecule has 174 valence electrons. The van der Waals surface area contributed by atoms with E-state index in [1.54, 1.807) is 19.1 Å². The van der Waals surface area contributed by atoms with Crippen molar-refractivity contribution < 1.29 is 27.5 Å². The zero-order valence-electron chi connectivity index (χ0n) is 18.1. The van der Waals surface area contributed by atoms with Crippen molar-refractivity contribution in [2.75, 3.05) is 30.9 Å². The highest BCUT2D eigenvalue weighted by Gasteiger charge is 2.67. The Kier molecular flexibility index (Phi) is 5.52. The minimum atomic E-state index is -5.15. The molecule has 11 heteroatoms. The molecule has 1 aliphatic heterocycles. The Morgan fingerprint density at radius 1 is 1.21 bits per heavy atom. The number of aromatic nitrogens is 2. The Labute approximate surface area is 187 Å². The van der Waals surface area contributed by atoms with Crippen molar-refractivity contribution in [2.24, 2.45) is 0 Å². The number of fused-ring (bicyclic) bond motifs is 3. The Hall–Kier alpha value is -3.60. The third kappa shape index (κ3) is 3.67. The first-order chi connectivity index (χ1) is 15.6. The van der Waals surface area contributed by atoms with Crippen LogP contribution in [0.5, 0.6) is 0 Å². The SMILES string of the molecule is COCCNc1cccc(C(=O)NC2(C(F)(F)F)C(=O)Nc3nc4cc(C)c(C)cc4n32)c1. The number of hydrogen-bond donors (Lipinski definition) is 3. The van der Waals surface area contributed by atoms with Crippen molar-refractivity contribution in [2.45, 2.75) is 25.7 Å². The molecule has 0 fully saturated rings. The van der Waals surface area contributed by atoms with Gasteiger partial charge in [0.1, 0.15) is 0 Å². The van der Waals surface area contributed by atoms with Crippen molar-refractivity contribution in [3.63, 3.8) is 0 Å². The lowest BCUT2D eigenvalue weighted by atomic mass is 10.1. The minimum absolute atomic E-state index is 0.0428. The first-order valence-electron chi connectivity index (χ1n) is 10.1. The average Bonchev–Trinajstić information content (AvgIpc) is 3.22. The number of nitrogens with zero attached hydrogens (tertiary/aromatic N) is 2. The van der Waals surface area contributed by atoms with Gasteiger partial charge in [-0.25, -0.2) is 4.98 Å². The zero-order valence-corrected chi connectivity index (χ0v) is 18.1. The molecule has 0 bridgehead atoms. The molecule has 1 aromatic heterocycles. The van der Waals surface area contributed by atoms with E-state index in [4.69, 9.17) is 4.74 Å². The van der Waals surface area contributed by atoms with E-state index < -0.39 is 23.7 Å². The summed E-state index contributed by atoms with van der Waals surface area (Å²) in [7, 11) is 1.53. The van der Waals surface area contributed by atoms with Crippen LogP contribution in [-0.2, 0) is 15.2 Å². The van der Waals surface area contributed by atoms with Crippen LogP contribution in [-0.4, -0.2) is 47.8 Å². The smallest absolute Gasteiger partial charge is 0.383 e. The van der Waals surface area contributed by atoms with Crippen LogP contribution >= 0.6 is 0 Å². The van der Waals surface area contributed by atoms with E-state index >= 15 is 0 Å². The van der Waals surface area contributed by atoms with E-state index in [0.29, 0.717) is 18.8 Å². The van der Waals surface area contributed by atoms with Gasteiger partial charge in [0.25, 0.3) is 17.5 Å². The van der Waals surface area contributed by atoms with E-state index in [1.807, 2.05) is 12.2 Å². The highest BCUT2D eigenvalue weighted by atomic mass is 19.4. The van der Waals surface area contributed by atoms with Crippen molar-refractivity contribution in [3.8, 4) is 0 Å².